The Kier molecular flexibility index (Phi) is 6.42. The third kappa shape index (κ3) is 4.80. The molecule has 1 aromatic heterocycles. The Morgan fingerprint density at radius 1 is 1.11 bits per heavy atom. The van der Waals surface area contributed by atoms with Gasteiger partial charge in [0.25, 0.3) is 0 Å². The van der Waals surface area contributed by atoms with Crippen LogP contribution in [0.5, 0.6) is 0 Å². The van der Waals surface area contributed by atoms with Gasteiger partial charge in [0, 0.05) is 40.2 Å². The van der Waals surface area contributed by atoms with Crippen molar-refractivity contribution >= 4 is 32.7 Å². The maximum atomic E-state index is 12.7. The molecular formula is C23H32BrN3O. The lowest BCUT2D eigenvalue weighted by atomic mass is 9.89. The van der Waals surface area contributed by atoms with Crippen LogP contribution in [0.3, 0.4) is 0 Å². The van der Waals surface area contributed by atoms with Crippen LogP contribution in [-0.4, -0.2) is 22.6 Å². The third-order valence-corrected chi connectivity index (χ3v) is 7.09. The number of rotatable bonds is 5. The standard InChI is InChI=1S/C23H32BrN3O/c24-18-6-11-22-21(13-18)17(15-27(22)14-16-4-2-1-3-5-16)12-23(28)26-20-9-7-19(25)8-10-20/h6,11,13,15-16,19-20H,1-5,7-10,12,14,25H2,(H,26,28)/t19-,20-. The van der Waals surface area contributed by atoms with Crippen molar-refractivity contribution in [3.8, 4) is 0 Å². The Bertz CT molecular complexity index is 817. The fourth-order valence-electron chi connectivity index (χ4n) is 5.00. The van der Waals surface area contributed by atoms with E-state index < -0.39 is 0 Å². The molecule has 0 spiro atoms. The highest BCUT2D eigenvalue weighted by Crippen LogP contribution is 2.30. The van der Waals surface area contributed by atoms with Crippen molar-refractivity contribution < 1.29 is 4.79 Å². The van der Waals surface area contributed by atoms with E-state index in [0.29, 0.717) is 12.5 Å². The molecule has 0 unspecified atom stereocenters. The Balaban J connectivity index is 1.49. The van der Waals surface area contributed by atoms with E-state index in [0.717, 1.165) is 48.2 Å². The van der Waals surface area contributed by atoms with Gasteiger partial charge in [0.15, 0.2) is 0 Å². The topological polar surface area (TPSA) is 60.0 Å². The lowest BCUT2D eigenvalue weighted by Gasteiger charge is -2.26. The first-order chi connectivity index (χ1) is 13.6. The molecule has 1 heterocycles. The molecule has 28 heavy (non-hydrogen) atoms. The summed E-state index contributed by atoms with van der Waals surface area (Å²) in [5, 5.41) is 4.44. The molecule has 152 valence electrons. The number of hydrogen-bond donors (Lipinski definition) is 2. The highest BCUT2D eigenvalue weighted by Gasteiger charge is 2.21. The quantitative estimate of drug-likeness (QED) is 0.686. The zero-order chi connectivity index (χ0) is 19.5. The van der Waals surface area contributed by atoms with E-state index in [1.54, 1.807) is 0 Å². The van der Waals surface area contributed by atoms with Crippen LogP contribution in [0.15, 0.2) is 28.9 Å². The molecule has 4 rings (SSSR count). The monoisotopic (exact) mass is 445 g/mol. The molecule has 2 fully saturated rings. The van der Waals surface area contributed by atoms with E-state index in [9.17, 15) is 4.79 Å². The smallest absolute Gasteiger partial charge is 0.224 e. The zero-order valence-corrected chi connectivity index (χ0v) is 18.2. The minimum absolute atomic E-state index is 0.136. The average molecular weight is 446 g/mol. The maximum Gasteiger partial charge on any atom is 0.224 e. The number of amides is 1. The lowest BCUT2D eigenvalue weighted by Crippen LogP contribution is -2.41. The summed E-state index contributed by atoms with van der Waals surface area (Å²) in [6.07, 6.45) is 13.5. The van der Waals surface area contributed by atoms with Crippen LogP contribution in [0.2, 0.25) is 0 Å². The third-order valence-electron chi connectivity index (χ3n) is 6.59. The van der Waals surface area contributed by atoms with Crippen LogP contribution >= 0.6 is 15.9 Å². The molecule has 2 aliphatic carbocycles. The molecule has 3 N–H and O–H groups in total. The Morgan fingerprint density at radius 3 is 2.61 bits per heavy atom. The first kappa shape index (κ1) is 20.0. The van der Waals surface area contributed by atoms with Gasteiger partial charge in [0.05, 0.1) is 6.42 Å². The number of fused-ring (bicyclic) bond motifs is 1. The molecule has 0 radical (unpaired) electrons. The van der Waals surface area contributed by atoms with E-state index in [4.69, 9.17) is 5.73 Å². The van der Waals surface area contributed by atoms with E-state index in [1.807, 2.05) is 0 Å². The molecule has 1 aromatic carbocycles. The fraction of sp³-hybridized carbons (Fsp3) is 0.609. The Labute approximate surface area is 176 Å². The molecule has 2 aliphatic rings. The van der Waals surface area contributed by atoms with E-state index in [2.05, 4.69) is 50.2 Å². The van der Waals surface area contributed by atoms with Crippen LogP contribution in [0.25, 0.3) is 10.9 Å². The predicted octanol–water partition coefficient (Wildman–Crippen LogP) is 4.91. The van der Waals surface area contributed by atoms with Gasteiger partial charge in [-0.25, -0.2) is 0 Å². The minimum atomic E-state index is 0.136. The molecule has 0 atom stereocenters. The van der Waals surface area contributed by atoms with E-state index in [-0.39, 0.29) is 11.9 Å². The SMILES string of the molecule is N[C@H]1CC[C@H](NC(=O)Cc2cn(CC3CCCCC3)c3ccc(Br)cc23)CC1. The van der Waals surface area contributed by atoms with Crippen LogP contribution in [0.1, 0.15) is 63.4 Å². The first-order valence-corrected chi connectivity index (χ1v) is 11.7. The van der Waals surface area contributed by atoms with Gasteiger partial charge in [-0.2, -0.15) is 0 Å². The van der Waals surface area contributed by atoms with Crippen molar-refractivity contribution in [3.05, 3.63) is 34.4 Å². The largest absolute Gasteiger partial charge is 0.353 e. The second kappa shape index (κ2) is 9.00. The van der Waals surface area contributed by atoms with E-state index >= 15 is 0 Å². The number of halogens is 1. The summed E-state index contributed by atoms with van der Waals surface area (Å²) in [5.74, 6) is 0.901. The lowest BCUT2D eigenvalue weighted by molar-refractivity contribution is -0.121. The number of carbonyl (C=O) groups excluding carboxylic acids is 1. The summed E-state index contributed by atoms with van der Waals surface area (Å²) in [6, 6.07) is 7.05. The van der Waals surface area contributed by atoms with Crippen LogP contribution in [-0.2, 0) is 17.8 Å². The van der Waals surface area contributed by atoms with Crippen LogP contribution < -0.4 is 11.1 Å². The van der Waals surface area contributed by atoms with Crippen LogP contribution in [0, 0.1) is 5.92 Å². The second-order valence-corrected chi connectivity index (χ2v) is 9.74. The summed E-state index contributed by atoms with van der Waals surface area (Å²) >= 11 is 3.60. The second-order valence-electron chi connectivity index (χ2n) is 8.83. The molecule has 2 saturated carbocycles. The number of benzene rings is 1. The molecule has 1 amide bonds. The predicted molar refractivity (Wildman–Crippen MR) is 118 cm³/mol. The number of nitrogens with one attached hydrogen (secondary N) is 1. The number of nitrogens with zero attached hydrogens (tertiary/aromatic N) is 1. The van der Waals surface area contributed by atoms with Crippen molar-refractivity contribution in [2.75, 3.05) is 0 Å². The van der Waals surface area contributed by atoms with Crippen molar-refractivity contribution in [3.63, 3.8) is 0 Å². The molecule has 5 heteroatoms. The van der Waals surface area contributed by atoms with Crippen molar-refractivity contribution in [1.29, 1.82) is 0 Å². The Morgan fingerprint density at radius 2 is 1.86 bits per heavy atom. The normalized spacial score (nSPS) is 23.8. The summed E-state index contributed by atoms with van der Waals surface area (Å²) in [6.45, 7) is 1.07. The number of hydrogen-bond acceptors (Lipinski definition) is 2. The zero-order valence-electron chi connectivity index (χ0n) is 16.6. The molecule has 2 aromatic rings. The number of nitrogens with two attached hydrogens (primary N) is 1. The average Bonchev–Trinajstić information content (AvgIpc) is 3.01. The molecule has 0 saturated heterocycles. The van der Waals surface area contributed by atoms with Gasteiger partial charge in [-0.1, -0.05) is 35.2 Å². The van der Waals surface area contributed by atoms with Gasteiger partial charge >= 0.3 is 0 Å². The van der Waals surface area contributed by atoms with Gasteiger partial charge in [-0.05, 0) is 68.2 Å². The highest BCUT2D eigenvalue weighted by atomic mass is 79.9. The fourth-order valence-corrected chi connectivity index (χ4v) is 5.36. The van der Waals surface area contributed by atoms with Gasteiger partial charge in [-0.3, -0.25) is 4.79 Å². The van der Waals surface area contributed by atoms with Crippen molar-refractivity contribution in [2.45, 2.75) is 82.8 Å². The summed E-state index contributed by atoms with van der Waals surface area (Å²) in [7, 11) is 0. The molecular weight excluding hydrogens is 414 g/mol. The number of aromatic nitrogens is 1. The first-order valence-electron chi connectivity index (χ1n) is 10.9. The van der Waals surface area contributed by atoms with Crippen molar-refractivity contribution in [2.24, 2.45) is 11.7 Å². The van der Waals surface area contributed by atoms with Gasteiger partial charge in [-0.15, -0.1) is 0 Å². The van der Waals surface area contributed by atoms with E-state index in [1.165, 1.54) is 43.0 Å². The minimum Gasteiger partial charge on any atom is -0.353 e. The highest BCUT2D eigenvalue weighted by molar-refractivity contribution is 9.10. The Hall–Kier alpha value is -1.33. The van der Waals surface area contributed by atoms with Crippen LogP contribution in [0.4, 0.5) is 0 Å². The van der Waals surface area contributed by atoms with Crippen molar-refractivity contribution in [1.82, 2.24) is 9.88 Å². The maximum absolute atomic E-state index is 12.7. The number of carbonyl (C=O) groups is 1. The molecule has 4 nitrogen and oxygen atoms in total. The summed E-state index contributed by atoms with van der Waals surface area (Å²) < 4.78 is 3.46. The van der Waals surface area contributed by atoms with Gasteiger partial charge in [0.1, 0.15) is 0 Å². The summed E-state index contributed by atoms with van der Waals surface area (Å²) in [5.41, 5.74) is 8.37. The molecule has 0 aliphatic heterocycles. The summed E-state index contributed by atoms with van der Waals surface area (Å²) in [4.78, 5) is 12.7. The van der Waals surface area contributed by atoms with Gasteiger partial charge < -0.3 is 15.6 Å². The van der Waals surface area contributed by atoms with Gasteiger partial charge in [0.2, 0.25) is 5.91 Å². The molecule has 0 bridgehead atoms.